The smallest absolute Gasteiger partial charge is 0.244 e. The van der Waals surface area contributed by atoms with Crippen molar-refractivity contribution >= 4 is 42.4 Å². The first-order valence-electron chi connectivity index (χ1n) is 9.39. The summed E-state index contributed by atoms with van der Waals surface area (Å²) < 4.78 is 31.7. The van der Waals surface area contributed by atoms with Crippen molar-refractivity contribution in [2.45, 2.75) is 11.4 Å². The fourth-order valence-electron chi connectivity index (χ4n) is 3.01. The number of benzene rings is 2. The molecule has 0 atom stereocenters. The largest absolute Gasteiger partial charge is 0.497 e. The van der Waals surface area contributed by atoms with Crippen LogP contribution >= 0.6 is 11.3 Å². The molecule has 0 bridgehead atoms. The lowest BCUT2D eigenvalue weighted by Gasteiger charge is -2.19. The zero-order valence-electron chi connectivity index (χ0n) is 16.6. The Bertz CT molecular complexity index is 1310. The van der Waals surface area contributed by atoms with Crippen molar-refractivity contribution in [3.05, 3.63) is 78.6 Å². The highest BCUT2D eigenvalue weighted by molar-refractivity contribution is 7.92. The van der Waals surface area contributed by atoms with Gasteiger partial charge in [0.25, 0.3) is 0 Å². The Morgan fingerprint density at radius 3 is 2.55 bits per heavy atom. The maximum Gasteiger partial charge on any atom is 0.244 e. The minimum absolute atomic E-state index is 0.107. The summed E-state index contributed by atoms with van der Waals surface area (Å²) in [4.78, 5) is 23.5. The van der Waals surface area contributed by atoms with Gasteiger partial charge < -0.3 is 4.74 Å². The minimum Gasteiger partial charge on any atom is -0.497 e. The Hall–Kier alpha value is -3.30. The Balaban J connectivity index is 1.70. The van der Waals surface area contributed by atoms with Crippen LogP contribution in [0.25, 0.3) is 10.2 Å². The van der Waals surface area contributed by atoms with Gasteiger partial charge in [-0.25, -0.2) is 13.4 Å². The van der Waals surface area contributed by atoms with E-state index in [4.69, 9.17) is 4.74 Å². The highest BCUT2D eigenvalue weighted by atomic mass is 32.2. The molecule has 0 unspecified atom stereocenters. The predicted octanol–water partition coefficient (Wildman–Crippen LogP) is 3.71. The van der Waals surface area contributed by atoms with Crippen LogP contribution in [0.1, 0.15) is 5.69 Å². The van der Waals surface area contributed by atoms with E-state index in [2.05, 4.69) is 9.97 Å². The standard InChI is InChI=1S/C22H19N3O4S2/c1-29-17-10-11-20-19(13-17)24-22(30-20)25(14-16-7-5-6-12-23-16)21(26)15-31(27,28)18-8-3-2-4-9-18/h2-13H,14-15H2,1H3. The number of anilines is 1. The number of fused-ring (bicyclic) bond motifs is 1. The van der Waals surface area contributed by atoms with Gasteiger partial charge in [-0.3, -0.25) is 14.7 Å². The molecule has 0 spiro atoms. The molecule has 0 radical (unpaired) electrons. The Morgan fingerprint density at radius 2 is 1.84 bits per heavy atom. The van der Waals surface area contributed by atoms with E-state index in [1.807, 2.05) is 18.2 Å². The summed E-state index contributed by atoms with van der Waals surface area (Å²) in [6.45, 7) is 0.112. The molecule has 9 heteroatoms. The Labute approximate surface area is 183 Å². The van der Waals surface area contributed by atoms with Gasteiger partial charge in [-0.15, -0.1) is 0 Å². The summed E-state index contributed by atoms with van der Waals surface area (Å²) in [5.41, 5.74) is 1.30. The van der Waals surface area contributed by atoms with Crippen LogP contribution in [0.3, 0.4) is 0 Å². The first-order valence-corrected chi connectivity index (χ1v) is 11.9. The Morgan fingerprint density at radius 1 is 1.06 bits per heavy atom. The number of carbonyl (C=O) groups is 1. The lowest BCUT2D eigenvalue weighted by Crippen LogP contribution is -2.35. The molecule has 31 heavy (non-hydrogen) atoms. The number of aromatic nitrogens is 2. The van der Waals surface area contributed by atoms with Crippen molar-refractivity contribution in [1.29, 1.82) is 0 Å². The van der Waals surface area contributed by atoms with Crippen LogP contribution < -0.4 is 9.64 Å². The molecule has 4 rings (SSSR count). The maximum absolute atomic E-state index is 13.2. The summed E-state index contributed by atoms with van der Waals surface area (Å²) in [7, 11) is -2.23. The third kappa shape index (κ3) is 4.73. The highest BCUT2D eigenvalue weighted by Crippen LogP contribution is 2.32. The molecule has 4 aromatic rings. The average Bonchev–Trinajstić information content (AvgIpc) is 3.21. The van der Waals surface area contributed by atoms with Crippen molar-refractivity contribution in [3.63, 3.8) is 0 Å². The SMILES string of the molecule is COc1ccc2sc(N(Cc3ccccn3)C(=O)CS(=O)(=O)c3ccccc3)nc2c1. The van der Waals surface area contributed by atoms with E-state index in [0.29, 0.717) is 22.1 Å². The van der Waals surface area contributed by atoms with Gasteiger partial charge in [0.2, 0.25) is 5.91 Å². The molecule has 2 aromatic heterocycles. The second kappa shape index (κ2) is 8.83. The predicted molar refractivity (Wildman–Crippen MR) is 120 cm³/mol. The molecule has 0 aliphatic rings. The van der Waals surface area contributed by atoms with E-state index >= 15 is 0 Å². The first-order chi connectivity index (χ1) is 15.0. The van der Waals surface area contributed by atoms with Crippen molar-refractivity contribution < 1.29 is 17.9 Å². The van der Waals surface area contributed by atoms with Gasteiger partial charge in [-0.05, 0) is 36.4 Å². The number of ether oxygens (including phenoxy) is 1. The van der Waals surface area contributed by atoms with Crippen LogP contribution in [-0.2, 0) is 21.2 Å². The molecule has 0 saturated carbocycles. The number of methoxy groups -OCH3 is 1. The number of nitrogens with zero attached hydrogens (tertiary/aromatic N) is 3. The summed E-state index contributed by atoms with van der Waals surface area (Å²) in [5, 5.41) is 0.405. The van der Waals surface area contributed by atoms with Gasteiger partial charge in [-0.2, -0.15) is 0 Å². The van der Waals surface area contributed by atoms with Gasteiger partial charge in [0.05, 0.1) is 34.5 Å². The molecule has 2 heterocycles. The fourth-order valence-corrected chi connectivity index (χ4v) is 5.19. The third-order valence-electron chi connectivity index (χ3n) is 4.58. The molecule has 1 amide bonds. The zero-order chi connectivity index (χ0) is 21.8. The molecule has 0 fully saturated rings. The van der Waals surface area contributed by atoms with Crippen molar-refractivity contribution in [1.82, 2.24) is 9.97 Å². The molecule has 7 nitrogen and oxygen atoms in total. The van der Waals surface area contributed by atoms with Crippen molar-refractivity contribution in [3.8, 4) is 5.75 Å². The summed E-state index contributed by atoms with van der Waals surface area (Å²) in [5.74, 6) is -0.581. The number of thiazole rings is 1. The van der Waals surface area contributed by atoms with Crippen molar-refractivity contribution in [2.75, 3.05) is 17.8 Å². The molecule has 0 saturated heterocycles. The number of pyridine rings is 1. The van der Waals surface area contributed by atoms with E-state index in [-0.39, 0.29) is 11.4 Å². The van der Waals surface area contributed by atoms with Gasteiger partial charge in [0, 0.05) is 12.3 Å². The molecule has 0 aliphatic heterocycles. The van der Waals surface area contributed by atoms with Crippen LogP contribution in [-0.4, -0.2) is 37.2 Å². The van der Waals surface area contributed by atoms with Crippen LogP contribution in [0.2, 0.25) is 0 Å². The number of carbonyl (C=O) groups excluding carboxylic acids is 1. The molecule has 158 valence electrons. The van der Waals surface area contributed by atoms with Crippen LogP contribution in [0, 0.1) is 0 Å². The van der Waals surface area contributed by atoms with E-state index < -0.39 is 21.5 Å². The van der Waals surface area contributed by atoms with Gasteiger partial charge >= 0.3 is 0 Å². The van der Waals surface area contributed by atoms with Crippen LogP contribution in [0.5, 0.6) is 5.75 Å². The lowest BCUT2D eigenvalue weighted by molar-refractivity contribution is -0.116. The number of rotatable bonds is 7. The van der Waals surface area contributed by atoms with Crippen molar-refractivity contribution in [2.24, 2.45) is 0 Å². The normalized spacial score (nSPS) is 11.4. The lowest BCUT2D eigenvalue weighted by atomic mass is 10.3. The van der Waals surface area contributed by atoms with Gasteiger partial charge in [0.15, 0.2) is 15.0 Å². The molecule has 0 N–H and O–H groups in total. The summed E-state index contributed by atoms with van der Waals surface area (Å²) in [6, 6.07) is 18.8. The van der Waals surface area contributed by atoms with Crippen LogP contribution in [0.4, 0.5) is 5.13 Å². The highest BCUT2D eigenvalue weighted by Gasteiger charge is 2.27. The fraction of sp³-hybridized carbons (Fsp3) is 0.136. The molecule has 0 aliphatic carbocycles. The molecule has 2 aromatic carbocycles. The minimum atomic E-state index is -3.80. The summed E-state index contributed by atoms with van der Waals surface area (Å²) in [6.07, 6.45) is 1.63. The second-order valence-corrected chi connectivity index (χ2v) is 9.70. The summed E-state index contributed by atoms with van der Waals surface area (Å²) >= 11 is 1.31. The number of sulfone groups is 1. The molecular formula is C22H19N3O4S2. The van der Waals surface area contributed by atoms with Gasteiger partial charge in [-0.1, -0.05) is 35.6 Å². The molecular weight excluding hydrogens is 434 g/mol. The number of hydrogen-bond donors (Lipinski definition) is 0. The topological polar surface area (TPSA) is 89.5 Å². The second-order valence-electron chi connectivity index (χ2n) is 6.70. The average molecular weight is 454 g/mol. The van der Waals surface area contributed by atoms with E-state index in [0.717, 1.165) is 4.70 Å². The van der Waals surface area contributed by atoms with E-state index in [1.54, 1.807) is 49.7 Å². The van der Waals surface area contributed by atoms with Gasteiger partial charge in [0.1, 0.15) is 11.5 Å². The zero-order valence-corrected chi connectivity index (χ0v) is 18.3. The third-order valence-corrected chi connectivity index (χ3v) is 7.25. The Kier molecular flexibility index (Phi) is 5.97. The quantitative estimate of drug-likeness (QED) is 0.424. The van der Waals surface area contributed by atoms with Crippen LogP contribution in [0.15, 0.2) is 77.8 Å². The maximum atomic E-state index is 13.2. The number of hydrogen-bond acceptors (Lipinski definition) is 7. The number of amides is 1. The first kappa shape index (κ1) is 21.0. The van der Waals surface area contributed by atoms with E-state index in [1.165, 1.54) is 28.4 Å². The monoisotopic (exact) mass is 453 g/mol. The van der Waals surface area contributed by atoms with E-state index in [9.17, 15) is 13.2 Å².